The van der Waals surface area contributed by atoms with Crippen molar-refractivity contribution in [2.45, 2.75) is 12.9 Å². The highest BCUT2D eigenvalue weighted by atomic mass is 79.9. The summed E-state index contributed by atoms with van der Waals surface area (Å²) in [5.41, 5.74) is 2.48. The highest BCUT2D eigenvalue weighted by molar-refractivity contribution is 9.10. The van der Waals surface area contributed by atoms with E-state index in [1.54, 1.807) is 0 Å². The van der Waals surface area contributed by atoms with Crippen LogP contribution in [0.15, 0.2) is 57.5 Å². The average Bonchev–Trinajstić information content (AvgIpc) is 2.86. The Morgan fingerprint density at radius 1 is 0.743 bits per heavy atom. The lowest BCUT2D eigenvalue weighted by Gasteiger charge is -2.35. The first-order valence-electron chi connectivity index (χ1n) is 11.2. The number of piperazine rings is 2. The van der Waals surface area contributed by atoms with Crippen molar-refractivity contribution in [3.05, 3.63) is 57.5 Å². The first kappa shape index (κ1) is 29.5. The number of benzene rings is 2. The maximum Gasteiger partial charge on any atom is 0.293 e. The molecule has 0 bridgehead atoms. The molecule has 2 fully saturated rings. The number of anilines is 2. The highest BCUT2D eigenvalue weighted by Gasteiger charge is 2.19. The number of nitrogens with one attached hydrogen (secondary N) is 1. The number of halogens is 6. The van der Waals surface area contributed by atoms with E-state index < -0.39 is 19.1 Å². The smallest absolute Gasteiger partial charge is 0.293 e. The van der Waals surface area contributed by atoms with Gasteiger partial charge < -0.3 is 15.1 Å². The number of alkyl halides is 4. The standard InChI is InChI=1S/C12H15BrF2N2.C10H13BrN2.C2H2F2O/c13-10-1-3-11(4-2-10)17-7-5-16(6-8-17)9-12(14)15;11-9-1-3-10(4-2-9)13-7-5-12-6-8-13;3-2(4)1-5/h1-4,12H,5-9H2;1-4,12H,5-8H2;1-2H. The van der Waals surface area contributed by atoms with Crippen molar-refractivity contribution >= 4 is 49.5 Å². The maximum atomic E-state index is 12.2. The summed E-state index contributed by atoms with van der Waals surface area (Å²) in [7, 11) is 0. The molecule has 0 saturated carbocycles. The van der Waals surface area contributed by atoms with Crippen molar-refractivity contribution in [3.63, 3.8) is 0 Å². The molecular weight excluding hydrogens is 596 g/mol. The lowest BCUT2D eigenvalue weighted by Crippen LogP contribution is -2.47. The van der Waals surface area contributed by atoms with Crippen molar-refractivity contribution in [1.29, 1.82) is 0 Å². The number of hydrogen-bond acceptors (Lipinski definition) is 5. The molecule has 2 heterocycles. The summed E-state index contributed by atoms with van der Waals surface area (Å²) in [6.45, 7) is 7.35. The quantitative estimate of drug-likeness (QED) is 0.368. The predicted octanol–water partition coefficient (Wildman–Crippen LogP) is 5.15. The van der Waals surface area contributed by atoms with Crippen LogP contribution >= 0.6 is 31.9 Å². The number of nitrogens with zero attached hydrogens (tertiary/aromatic N) is 3. The van der Waals surface area contributed by atoms with Gasteiger partial charge in [-0.1, -0.05) is 31.9 Å². The van der Waals surface area contributed by atoms with Crippen LogP contribution in [0, 0.1) is 0 Å². The third kappa shape index (κ3) is 11.7. The molecule has 5 nitrogen and oxygen atoms in total. The zero-order chi connectivity index (χ0) is 25.6. The van der Waals surface area contributed by atoms with Crippen molar-refractivity contribution in [1.82, 2.24) is 10.2 Å². The van der Waals surface area contributed by atoms with E-state index in [0.29, 0.717) is 13.1 Å². The predicted molar refractivity (Wildman–Crippen MR) is 140 cm³/mol. The summed E-state index contributed by atoms with van der Waals surface area (Å²) >= 11 is 6.83. The Kier molecular flexibility index (Phi) is 13.6. The molecule has 11 heteroatoms. The van der Waals surface area contributed by atoms with Crippen LogP contribution in [0.1, 0.15) is 0 Å². The van der Waals surface area contributed by atoms with Crippen LogP contribution < -0.4 is 15.1 Å². The van der Waals surface area contributed by atoms with Crippen LogP contribution in [0.3, 0.4) is 0 Å². The fraction of sp³-hybridized carbons (Fsp3) is 0.458. The Morgan fingerprint density at radius 3 is 1.51 bits per heavy atom. The number of aldehydes is 1. The van der Waals surface area contributed by atoms with E-state index in [1.165, 1.54) is 5.69 Å². The van der Waals surface area contributed by atoms with Gasteiger partial charge in [0.05, 0.1) is 6.54 Å². The van der Waals surface area contributed by atoms with Crippen LogP contribution in [0.2, 0.25) is 0 Å². The second-order valence-corrected chi connectivity index (χ2v) is 9.67. The summed E-state index contributed by atoms with van der Waals surface area (Å²) in [6.07, 6.45) is -5.44. The summed E-state index contributed by atoms with van der Waals surface area (Å²) in [4.78, 5) is 15.2. The second-order valence-electron chi connectivity index (χ2n) is 7.84. The largest absolute Gasteiger partial charge is 0.369 e. The Balaban J connectivity index is 0.000000212. The number of hydrogen-bond donors (Lipinski definition) is 1. The van der Waals surface area contributed by atoms with E-state index >= 15 is 0 Å². The fourth-order valence-electron chi connectivity index (χ4n) is 3.61. The molecule has 2 saturated heterocycles. The maximum absolute atomic E-state index is 12.2. The third-order valence-corrected chi connectivity index (χ3v) is 6.43. The zero-order valence-corrected chi connectivity index (χ0v) is 22.4. The molecule has 2 aromatic carbocycles. The van der Waals surface area contributed by atoms with Gasteiger partial charge in [0, 0.05) is 72.7 Å². The molecule has 2 aliphatic rings. The van der Waals surface area contributed by atoms with Crippen molar-refractivity contribution in [2.24, 2.45) is 0 Å². The van der Waals surface area contributed by atoms with Crippen molar-refractivity contribution in [3.8, 4) is 0 Å². The molecule has 0 radical (unpaired) electrons. The zero-order valence-electron chi connectivity index (χ0n) is 19.2. The van der Waals surface area contributed by atoms with Crippen LogP contribution in [0.4, 0.5) is 28.9 Å². The van der Waals surface area contributed by atoms with E-state index in [9.17, 15) is 17.6 Å². The Morgan fingerprint density at radius 2 is 1.14 bits per heavy atom. The number of carbonyl (C=O) groups is 1. The van der Waals surface area contributed by atoms with Crippen molar-refractivity contribution < 1.29 is 22.4 Å². The molecular formula is C24H30Br2F4N4O. The average molecular weight is 626 g/mol. The Hall–Kier alpha value is -1.69. The van der Waals surface area contributed by atoms with Gasteiger partial charge in [0.25, 0.3) is 12.9 Å². The molecule has 0 spiro atoms. The minimum atomic E-state index is -2.80. The molecule has 35 heavy (non-hydrogen) atoms. The summed E-state index contributed by atoms with van der Waals surface area (Å²) in [6, 6.07) is 16.6. The van der Waals surface area contributed by atoms with Gasteiger partial charge in [0.2, 0.25) is 0 Å². The van der Waals surface area contributed by atoms with Gasteiger partial charge >= 0.3 is 0 Å². The lowest BCUT2D eigenvalue weighted by molar-refractivity contribution is -0.116. The van der Waals surface area contributed by atoms with Gasteiger partial charge in [-0.2, -0.15) is 0 Å². The first-order valence-corrected chi connectivity index (χ1v) is 12.8. The molecule has 0 aromatic heterocycles. The van der Waals surface area contributed by atoms with E-state index in [1.807, 2.05) is 29.2 Å². The molecule has 2 aromatic rings. The first-order chi connectivity index (χ1) is 16.8. The molecule has 4 rings (SSSR count). The minimum absolute atomic E-state index is 0.103. The lowest BCUT2D eigenvalue weighted by atomic mass is 10.2. The molecule has 0 unspecified atom stereocenters. The van der Waals surface area contributed by atoms with Gasteiger partial charge in [0.1, 0.15) is 0 Å². The number of carbonyl (C=O) groups excluding carboxylic acids is 1. The van der Waals surface area contributed by atoms with Crippen LogP contribution in [-0.2, 0) is 4.79 Å². The normalized spacial score (nSPS) is 16.3. The van der Waals surface area contributed by atoms with Crippen LogP contribution in [-0.4, -0.2) is 82.9 Å². The Bertz CT molecular complexity index is 846. The summed E-state index contributed by atoms with van der Waals surface area (Å²) in [5.74, 6) is 0. The monoisotopic (exact) mass is 624 g/mol. The topological polar surface area (TPSA) is 38.8 Å². The van der Waals surface area contributed by atoms with Gasteiger partial charge in [-0.3, -0.25) is 9.69 Å². The van der Waals surface area contributed by atoms with E-state index in [0.717, 1.165) is 53.9 Å². The second kappa shape index (κ2) is 16.1. The molecule has 2 aliphatic heterocycles. The van der Waals surface area contributed by atoms with Crippen molar-refractivity contribution in [2.75, 3.05) is 68.7 Å². The van der Waals surface area contributed by atoms with E-state index in [4.69, 9.17) is 4.79 Å². The number of rotatable bonds is 5. The van der Waals surface area contributed by atoms with Crippen LogP contribution in [0.5, 0.6) is 0 Å². The summed E-state index contributed by atoms with van der Waals surface area (Å²) < 4.78 is 47.4. The minimum Gasteiger partial charge on any atom is -0.369 e. The van der Waals surface area contributed by atoms with E-state index in [2.05, 4.69) is 71.2 Å². The SMILES string of the molecule is Brc1ccc(N2CCNCC2)cc1.FC(F)CN1CCN(c2ccc(Br)cc2)CC1.O=CC(F)F. The fourth-order valence-corrected chi connectivity index (χ4v) is 4.14. The van der Waals surface area contributed by atoms with Crippen LogP contribution in [0.25, 0.3) is 0 Å². The van der Waals surface area contributed by atoms with Gasteiger partial charge in [-0.05, 0) is 48.5 Å². The summed E-state index contributed by atoms with van der Waals surface area (Å²) in [5, 5.41) is 3.34. The van der Waals surface area contributed by atoms with Gasteiger partial charge in [-0.25, -0.2) is 17.6 Å². The van der Waals surface area contributed by atoms with Gasteiger partial charge in [0.15, 0.2) is 6.29 Å². The molecule has 194 valence electrons. The third-order valence-electron chi connectivity index (χ3n) is 5.37. The molecule has 0 aliphatic carbocycles. The molecule has 0 amide bonds. The highest BCUT2D eigenvalue weighted by Crippen LogP contribution is 2.20. The van der Waals surface area contributed by atoms with Gasteiger partial charge in [-0.15, -0.1) is 0 Å². The Labute approximate surface area is 220 Å². The van der Waals surface area contributed by atoms with E-state index in [-0.39, 0.29) is 6.54 Å². The molecule has 1 N–H and O–H groups in total. The molecule has 0 atom stereocenters.